The Morgan fingerprint density at radius 1 is 0.846 bits per heavy atom. The molecule has 0 unspecified atom stereocenters. The summed E-state index contributed by atoms with van der Waals surface area (Å²) in [6, 6.07) is 33.6. The molecule has 0 spiro atoms. The fraction of sp³-hybridized carbons (Fsp3) is 0.312. The largest absolute Gasteiger partial charge is 0.485 e. The topological polar surface area (TPSA) is 93.7 Å². The van der Waals surface area contributed by atoms with Crippen molar-refractivity contribution in [2.45, 2.75) is 50.7 Å². The molecule has 1 saturated heterocycles. The minimum absolute atomic E-state index is 0.183. The zero-order valence-electron chi connectivity index (χ0n) is 21.9. The second-order valence-corrected chi connectivity index (χ2v) is 9.38. The summed E-state index contributed by atoms with van der Waals surface area (Å²) < 4.78 is 30.9. The van der Waals surface area contributed by atoms with Gasteiger partial charge in [-0.3, -0.25) is 0 Å². The normalized spacial score (nSPS) is 22.6. The third kappa shape index (κ3) is 7.54. The van der Waals surface area contributed by atoms with Crippen molar-refractivity contribution in [2.75, 3.05) is 13.2 Å². The molecule has 3 aromatic carbocycles. The Labute approximate surface area is 229 Å². The molecular formula is C32H32N2O5. The SMILES string of the molecule is C[C@@]1(OCc2ccccc2)[C@H](OCc2ccccc2)[C@@H](COCc2ccccc2)O[C@H]1/C(C#N)=C\OCC#N. The van der Waals surface area contributed by atoms with Gasteiger partial charge in [0.25, 0.3) is 0 Å². The zero-order chi connectivity index (χ0) is 27.3. The number of rotatable bonds is 13. The molecule has 200 valence electrons. The summed E-state index contributed by atoms with van der Waals surface area (Å²) in [5.41, 5.74) is 2.16. The molecule has 4 atom stereocenters. The van der Waals surface area contributed by atoms with Gasteiger partial charge in [-0.2, -0.15) is 10.5 Å². The van der Waals surface area contributed by atoms with Crippen molar-refractivity contribution in [1.82, 2.24) is 0 Å². The summed E-state index contributed by atoms with van der Waals surface area (Å²) in [6.07, 6.45) is -0.638. The molecule has 1 heterocycles. The molecule has 0 aromatic heterocycles. The molecule has 4 rings (SSSR count). The van der Waals surface area contributed by atoms with Gasteiger partial charge in [0.1, 0.15) is 42.3 Å². The van der Waals surface area contributed by atoms with Gasteiger partial charge in [0.2, 0.25) is 0 Å². The molecule has 0 saturated carbocycles. The smallest absolute Gasteiger partial charge is 0.173 e. The summed E-state index contributed by atoms with van der Waals surface area (Å²) >= 11 is 0. The second-order valence-electron chi connectivity index (χ2n) is 9.38. The van der Waals surface area contributed by atoms with E-state index in [0.717, 1.165) is 16.7 Å². The average Bonchev–Trinajstić information content (AvgIpc) is 3.25. The minimum Gasteiger partial charge on any atom is -0.485 e. The third-order valence-electron chi connectivity index (χ3n) is 6.56. The van der Waals surface area contributed by atoms with E-state index in [1.165, 1.54) is 6.26 Å². The number of nitriles is 2. The van der Waals surface area contributed by atoms with Crippen LogP contribution in [-0.4, -0.2) is 37.1 Å². The van der Waals surface area contributed by atoms with Gasteiger partial charge >= 0.3 is 0 Å². The molecule has 7 nitrogen and oxygen atoms in total. The quantitative estimate of drug-likeness (QED) is 0.166. The summed E-state index contributed by atoms with van der Waals surface area (Å²) in [5, 5.41) is 18.9. The van der Waals surface area contributed by atoms with Gasteiger partial charge in [0.05, 0.1) is 32.0 Å². The highest BCUT2D eigenvalue weighted by atomic mass is 16.6. The van der Waals surface area contributed by atoms with E-state index >= 15 is 0 Å². The van der Waals surface area contributed by atoms with Gasteiger partial charge in [-0.15, -0.1) is 0 Å². The highest BCUT2D eigenvalue weighted by Crippen LogP contribution is 2.41. The molecule has 0 bridgehead atoms. The van der Waals surface area contributed by atoms with Gasteiger partial charge in [0.15, 0.2) is 6.61 Å². The van der Waals surface area contributed by atoms with Crippen molar-refractivity contribution < 1.29 is 23.7 Å². The summed E-state index contributed by atoms with van der Waals surface area (Å²) in [7, 11) is 0. The lowest BCUT2D eigenvalue weighted by molar-refractivity contribution is -0.142. The number of ether oxygens (including phenoxy) is 5. The molecular weight excluding hydrogens is 492 g/mol. The molecule has 7 heteroatoms. The van der Waals surface area contributed by atoms with Gasteiger partial charge < -0.3 is 23.7 Å². The van der Waals surface area contributed by atoms with E-state index < -0.39 is 23.9 Å². The van der Waals surface area contributed by atoms with E-state index in [2.05, 4.69) is 6.07 Å². The number of hydrogen-bond acceptors (Lipinski definition) is 7. The first kappa shape index (κ1) is 28.0. The van der Waals surface area contributed by atoms with E-state index in [4.69, 9.17) is 28.9 Å². The van der Waals surface area contributed by atoms with Crippen LogP contribution >= 0.6 is 0 Å². The van der Waals surface area contributed by atoms with E-state index in [0.29, 0.717) is 13.2 Å². The minimum atomic E-state index is -1.07. The van der Waals surface area contributed by atoms with Gasteiger partial charge in [0, 0.05) is 0 Å². The summed E-state index contributed by atoms with van der Waals surface area (Å²) in [4.78, 5) is 0. The van der Waals surface area contributed by atoms with Crippen LogP contribution in [0.1, 0.15) is 23.6 Å². The standard InChI is InChI=1S/C32H32N2O5/c1-32(38-22-27-15-9-4-10-16-27)30(28(19-34)23-35-18-17-33)39-29(24-36-20-25-11-5-2-6-12-25)31(32)37-21-26-13-7-3-8-14-26/h2-16,23,29-31H,18,20-22,24H2,1H3/b28-23-/t29-,30+,31-,32+/m1/s1. The summed E-state index contributed by atoms with van der Waals surface area (Å²) in [6.45, 7) is 2.97. The lowest BCUT2D eigenvalue weighted by Crippen LogP contribution is -2.50. The molecule has 1 fully saturated rings. The lowest BCUT2D eigenvalue weighted by atomic mass is 9.88. The molecule has 1 aliphatic heterocycles. The average molecular weight is 525 g/mol. The lowest BCUT2D eigenvalue weighted by Gasteiger charge is -2.35. The maximum atomic E-state index is 10.0. The predicted octanol–water partition coefficient (Wildman–Crippen LogP) is 5.48. The Hall–Kier alpha value is -3.98. The fourth-order valence-corrected chi connectivity index (χ4v) is 4.59. The van der Waals surface area contributed by atoms with Crippen LogP contribution in [0.3, 0.4) is 0 Å². The van der Waals surface area contributed by atoms with Crippen molar-refractivity contribution in [3.63, 3.8) is 0 Å². The van der Waals surface area contributed by atoms with Gasteiger partial charge in [-0.1, -0.05) is 91.0 Å². The Morgan fingerprint density at radius 3 is 1.97 bits per heavy atom. The fourth-order valence-electron chi connectivity index (χ4n) is 4.59. The van der Waals surface area contributed by atoms with E-state index in [-0.39, 0.29) is 25.4 Å². The van der Waals surface area contributed by atoms with Crippen LogP contribution in [0.25, 0.3) is 0 Å². The number of nitrogens with zero attached hydrogens (tertiary/aromatic N) is 2. The molecule has 39 heavy (non-hydrogen) atoms. The van der Waals surface area contributed by atoms with Crippen molar-refractivity contribution in [3.05, 3.63) is 120 Å². The van der Waals surface area contributed by atoms with E-state index in [9.17, 15) is 5.26 Å². The third-order valence-corrected chi connectivity index (χ3v) is 6.56. The van der Waals surface area contributed by atoms with Crippen LogP contribution in [0.5, 0.6) is 0 Å². The molecule has 0 aliphatic carbocycles. The van der Waals surface area contributed by atoms with Crippen LogP contribution in [0.4, 0.5) is 0 Å². The molecule has 0 radical (unpaired) electrons. The Balaban J connectivity index is 1.61. The van der Waals surface area contributed by atoms with Crippen LogP contribution in [0.2, 0.25) is 0 Å². The van der Waals surface area contributed by atoms with Crippen LogP contribution < -0.4 is 0 Å². The second kappa shape index (κ2) is 14.2. The van der Waals surface area contributed by atoms with Crippen molar-refractivity contribution in [2.24, 2.45) is 0 Å². The number of benzene rings is 3. The molecule has 0 N–H and O–H groups in total. The first-order chi connectivity index (χ1) is 19.1. The zero-order valence-corrected chi connectivity index (χ0v) is 21.9. The number of hydrogen-bond donors (Lipinski definition) is 0. The molecule has 3 aromatic rings. The predicted molar refractivity (Wildman–Crippen MR) is 145 cm³/mol. The Morgan fingerprint density at radius 2 is 1.41 bits per heavy atom. The van der Waals surface area contributed by atoms with Gasteiger partial charge in [-0.05, 0) is 23.6 Å². The van der Waals surface area contributed by atoms with Crippen LogP contribution in [0, 0.1) is 22.7 Å². The first-order valence-corrected chi connectivity index (χ1v) is 12.8. The van der Waals surface area contributed by atoms with E-state index in [1.807, 2.05) is 104 Å². The monoisotopic (exact) mass is 524 g/mol. The maximum Gasteiger partial charge on any atom is 0.173 e. The van der Waals surface area contributed by atoms with Crippen molar-refractivity contribution in [3.8, 4) is 12.1 Å². The molecule has 1 aliphatic rings. The summed E-state index contributed by atoms with van der Waals surface area (Å²) in [5.74, 6) is 0. The van der Waals surface area contributed by atoms with Gasteiger partial charge in [-0.25, -0.2) is 0 Å². The highest BCUT2D eigenvalue weighted by Gasteiger charge is 2.57. The maximum absolute atomic E-state index is 10.0. The molecule has 0 amide bonds. The van der Waals surface area contributed by atoms with Crippen LogP contribution in [0.15, 0.2) is 103 Å². The first-order valence-electron chi connectivity index (χ1n) is 12.8. The van der Waals surface area contributed by atoms with Crippen molar-refractivity contribution in [1.29, 1.82) is 10.5 Å². The van der Waals surface area contributed by atoms with Crippen molar-refractivity contribution >= 4 is 0 Å². The Bertz CT molecular complexity index is 1270. The highest BCUT2D eigenvalue weighted by molar-refractivity contribution is 5.31. The Kier molecular flexibility index (Phi) is 10.2. The van der Waals surface area contributed by atoms with Crippen LogP contribution in [-0.2, 0) is 43.5 Å². The van der Waals surface area contributed by atoms with E-state index in [1.54, 1.807) is 0 Å².